The van der Waals surface area contributed by atoms with Crippen LogP contribution in [0.2, 0.25) is 0 Å². The molecular weight excluding hydrogens is 230 g/mol. The van der Waals surface area contributed by atoms with Crippen LogP contribution in [-0.2, 0) is 7.05 Å². The molecule has 4 heteroatoms. The van der Waals surface area contributed by atoms with E-state index in [1.54, 1.807) is 10.9 Å². The number of nitrogens with two attached hydrogens (primary N) is 1. The van der Waals surface area contributed by atoms with Crippen molar-refractivity contribution in [3.63, 3.8) is 0 Å². The molecule has 1 unspecified atom stereocenters. The minimum Gasteiger partial charge on any atom is -0.324 e. The Kier molecular flexibility index (Phi) is 3.52. The van der Waals surface area contributed by atoms with Gasteiger partial charge < -0.3 is 5.73 Å². The molecule has 0 spiro atoms. The molecule has 0 aliphatic rings. The fourth-order valence-electron chi connectivity index (χ4n) is 1.08. The largest absolute Gasteiger partial charge is 0.324 e. The highest BCUT2D eigenvalue weighted by atomic mass is 79.9. The first-order chi connectivity index (χ1) is 6.16. The molecule has 0 aliphatic heterocycles. The van der Waals surface area contributed by atoms with Crippen LogP contribution in [0.1, 0.15) is 24.4 Å². The average molecular weight is 242 g/mol. The van der Waals surface area contributed by atoms with Gasteiger partial charge >= 0.3 is 0 Å². The van der Waals surface area contributed by atoms with Crippen LogP contribution < -0.4 is 5.73 Å². The number of hydrogen-bond acceptors (Lipinski definition) is 2. The van der Waals surface area contributed by atoms with Gasteiger partial charge in [-0.1, -0.05) is 0 Å². The quantitative estimate of drug-likeness (QED) is 0.818. The maximum absolute atomic E-state index is 5.92. The third kappa shape index (κ3) is 2.33. The van der Waals surface area contributed by atoms with Gasteiger partial charge in [0.05, 0.1) is 6.20 Å². The van der Waals surface area contributed by atoms with Crippen molar-refractivity contribution in [2.24, 2.45) is 12.8 Å². The molecule has 0 bridgehead atoms. The minimum absolute atomic E-state index is 0.0286. The molecule has 1 heterocycles. The standard InChI is InChI=1S/C9H12BrN3/c1-3-4-5-8(11)7-6-12-13(2)9(7)10/h1,6,8H,4-5,11H2,2H3. The summed E-state index contributed by atoms with van der Waals surface area (Å²) in [4.78, 5) is 0. The van der Waals surface area contributed by atoms with Crippen molar-refractivity contribution >= 4 is 15.9 Å². The molecular formula is C9H12BrN3. The maximum Gasteiger partial charge on any atom is 0.108 e. The van der Waals surface area contributed by atoms with Crippen LogP contribution in [0.25, 0.3) is 0 Å². The average Bonchev–Trinajstić information content (AvgIpc) is 2.44. The summed E-state index contributed by atoms with van der Waals surface area (Å²) < 4.78 is 2.67. The van der Waals surface area contributed by atoms with E-state index in [0.717, 1.165) is 16.6 Å². The first-order valence-electron chi connectivity index (χ1n) is 4.03. The third-order valence-corrected chi connectivity index (χ3v) is 2.86. The molecule has 1 rings (SSSR count). The zero-order chi connectivity index (χ0) is 9.84. The second kappa shape index (κ2) is 4.45. The lowest BCUT2D eigenvalue weighted by molar-refractivity contribution is 0.661. The third-order valence-electron chi connectivity index (χ3n) is 1.89. The van der Waals surface area contributed by atoms with E-state index in [2.05, 4.69) is 26.9 Å². The Hall–Kier alpha value is -0.790. The van der Waals surface area contributed by atoms with Crippen molar-refractivity contribution in [2.75, 3.05) is 0 Å². The molecule has 1 aromatic heterocycles. The van der Waals surface area contributed by atoms with Gasteiger partial charge in [0.15, 0.2) is 0 Å². The molecule has 0 amide bonds. The first-order valence-corrected chi connectivity index (χ1v) is 4.82. The molecule has 0 saturated carbocycles. The summed E-state index contributed by atoms with van der Waals surface area (Å²) in [5.41, 5.74) is 6.93. The number of aromatic nitrogens is 2. The number of aryl methyl sites for hydroxylation is 1. The summed E-state index contributed by atoms with van der Waals surface area (Å²) in [6.45, 7) is 0. The van der Waals surface area contributed by atoms with E-state index in [4.69, 9.17) is 12.2 Å². The van der Waals surface area contributed by atoms with E-state index in [0.29, 0.717) is 6.42 Å². The van der Waals surface area contributed by atoms with Gasteiger partial charge in [0.1, 0.15) is 4.60 Å². The molecule has 0 aromatic carbocycles. The van der Waals surface area contributed by atoms with Crippen LogP contribution in [0.5, 0.6) is 0 Å². The van der Waals surface area contributed by atoms with Crippen molar-refractivity contribution in [3.05, 3.63) is 16.4 Å². The monoisotopic (exact) mass is 241 g/mol. The fourth-order valence-corrected chi connectivity index (χ4v) is 1.57. The van der Waals surface area contributed by atoms with Gasteiger partial charge in [-0.2, -0.15) is 5.10 Å². The number of nitrogens with zero attached hydrogens (tertiary/aromatic N) is 2. The van der Waals surface area contributed by atoms with E-state index in [1.165, 1.54) is 0 Å². The normalized spacial score (nSPS) is 12.5. The van der Waals surface area contributed by atoms with Gasteiger partial charge in [0.25, 0.3) is 0 Å². The lowest BCUT2D eigenvalue weighted by Gasteiger charge is -2.07. The first kappa shape index (κ1) is 10.3. The van der Waals surface area contributed by atoms with Crippen molar-refractivity contribution in [1.82, 2.24) is 9.78 Å². The molecule has 0 fully saturated rings. The van der Waals surface area contributed by atoms with Crippen molar-refractivity contribution in [1.29, 1.82) is 0 Å². The number of rotatable bonds is 3. The molecule has 1 atom stereocenters. The number of terminal acetylenes is 1. The Morgan fingerprint density at radius 1 is 1.85 bits per heavy atom. The smallest absolute Gasteiger partial charge is 0.108 e. The van der Waals surface area contributed by atoms with Crippen LogP contribution in [0.4, 0.5) is 0 Å². The van der Waals surface area contributed by atoms with Gasteiger partial charge in [-0.25, -0.2) is 0 Å². The summed E-state index contributed by atoms with van der Waals surface area (Å²) in [6.07, 6.45) is 8.42. The fraction of sp³-hybridized carbons (Fsp3) is 0.444. The van der Waals surface area contributed by atoms with Crippen molar-refractivity contribution in [2.45, 2.75) is 18.9 Å². The van der Waals surface area contributed by atoms with Crippen molar-refractivity contribution < 1.29 is 0 Å². The Bertz CT molecular complexity index is 324. The van der Waals surface area contributed by atoms with Gasteiger partial charge in [-0.05, 0) is 22.4 Å². The van der Waals surface area contributed by atoms with Crippen LogP contribution in [-0.4, -0.2) is 9.78 Å². The summed E-state index contributed by atoms with van der Waals surface area (Å²) in [5, 5.41) is 4.08. The van der Waals surface area contributed by atoms with E-state index < -0.39 is 0 Å². The second-order valence-electron chi connectivity index (χ2n) is 2.86. The Morgan fingerprint density at radius 2 is 2.54 bits per heavy atom. The van der Waals surface area contributed by atoms with Gasteiger partial charge in [0, 0.05) is 25.1 Å². The summed E-state index contributed by atoms with van der Waals surface area (Å²) in [7, 11) is 1.86. The SMILES string of the molecule is C#CCCC(N)c1cnn(C)c1Br. The zero-order valence-electron chi connectivity index (χ0n) is 7.50. The Labute approximate surface area is 86.4 Å². The van der Waals surface area contributed by atoms with Crippen LogP contribution in [0.3, 0.4) is 0 Å². The predicted octanol–water partition coefficient (Wildman–Crippen LogP) is 1.60. The summed E-state index contributed by atoms with van der Waals surface area (Å²) in [5.74, 6) is 2.57. The Balaban J connectivity index is 2.72. The van der Waals surface area contributed by atoms with Gasteiger partial charge in [-0.15, -0.1) is 12.3 Å². The van der Waals surface area contributed by atoms with Crippen molar-refractivity contribution in [3.8, 4) is 12.3 Å². The molecule has 0 radical (unpaired) electrons. The minimum atomic E-state index is -0.0286. The highest BCUT2D eigenvalue weighted by Gasteiger charge is 2.12. The Morgan fingerprint density at radius 3 is 3.00 bits per heavy atom. The van der Waals surface area contributed by atoms with E-state index in [-0.39, 0.29) is 6.04 Å². The number of halogens is 1. The molecule has 13 heavy (non-hydrogen) atoms. The van der Waals surface area contributed by atoms with Crippen LogP contribution >= 0.6 is 15.9 Å². The van der Waals surface area contributed by atoms with Crippen LogP contribution in [0, 0.1) is 12.3 Å². The van der Waals surface area contributed by atoms with E-state index >= 15 is 0 Å². The molecule has 70 valence electrons. The molecule has 3 nitrogen and oxygen atoms in total. The highest BCUT2D eigenvalue weighted by Crippen LogP contribution is 2.23. The summed E-state index contributed by atoms with van der Waals surface area (Å²) >= 11 is 3.41. The second-order valence-corrected chi connectivity index (χ2v) is 3.61. The molecule has 0 saturated heterocycles. The summed E-state index contributed by atoms with van der Waals surface area (Å²) in [6, 6.07) is -0.0286. The van der Waals surface area contributed by atoms with Crippen LogP contribution in [0.15, 0.2) is 10.8 Å². The molecule has 1 aromatic rings. The van der Waals surface area contributed by atoms with Gasteiger partial charge in [0.2, 0.25) is 0 Å². The molecule has 2 N–H and O–H groups in total. The predicted molar refractivity (Wildman–Crippen MR) is 55.9 cm³/mol. The highest BCUT2D eigenvalue weighted by molar-refractivity contribution is 9.10. The lowest BCUT2D eigenvalue weighted by Crippen LogP contribution is -2.09. The molecule has 0 aliphatic carbocycles. The zero-order valence-corrected chi connectivity index (χ0v) is 9.08. The maximum atomic E-state index is 5.92. The topological polar surface area (TPSA) is 43.8 Å². The number of hydrogen-bond donors (Lipinski definition) is 1. The van der Waals surface area contributed by atoms with E-state index in [1.807, 2.05) is 7.05 Å². The lowest BCUT2D eigenvalue weighted by atomic mass is 10.1. The van der Waals surface area contributed by atoms with E-state index in [9.17, 15) is 0 Å². The van der Waals surface area contributed by atoms with Gasteiger partial charge in [-0.3, -0.25) is 4.68 Å².